The fourth-order valence-electron chi connectivity index (χ4n) is 3.89. The molecule has 0 aliphatic rings. The van der Waals surface area contributed by atoms with Crippen molar-refractivity contribution in [1.29, 1.82) is 0 Å². The lowest BCUT2D eigenvalue weighted by molar-refractivity contribution is 0.247. The van der Waals surface area contributed by atoms with Crippen molar-refractivity contribution in [2.45, 2.75) is 25.7 Å². The second-order valence-electron chi connectivity index (χ2n) is 8.76. The van der Waals surface area contributed by atoms with E-state index in [0.29, 0.717) is 23.3 Å². The van der Waals surface area contributed by atoms with E-state index in [0.717, 1.165) is 25.2 Å². The topological polar surface area (TPSA) is 143 Å². The smallest absolute Gasteiger partial charge is 0.321 e. The summed E-state index contributed by atoms with van der Waals surface area (Å²) in [6, 6.07) is 11.3. The number of carbonyl (C=O) groups excluding carboxylic acids is 1. The molecule has 0 saturated carbocycles. The molecule has 0 bridgehead atoms. The average molecular weight is 553 g/mol. The molecule has 3 N–H and O–H groups in total. The maximum absolute atomic E-state index is 13.0. The van der Waals surface area contributed by atoms with E-state index in [1.54, 1.807) is 42.7 Å². The quantitative estimate of drug-likeness (QED) is 0.257. The van der Waals surface area contributed by atoms with Gasteiger partial charge >= 0.3 is 6.03 Å². The third-order valence-electron chi connectivity index (χ3n) is 6.12. The molecule has 0 radical (unpaired) electrons. The number of methoxy groups -OCH3 is 1. The van der Waals surface area contributed by atoms with Gasteiger partial charge in [-0.3, -0.25) is 10.0 Å². The predicted molar refractivity (Wildman–Crippen MR) is 150 cm³/mol. The molecule has 0 aliphatic heterocycles. The van der Waals surface area contributed by atoms with Crippen molar-refractivity contribution >= 4 is 33.3 Å². The molecule has 206 valence electrons. The van der Waals surface area contributed by atoms with Gasteiger partial charge in [0.2, 0.25) is 5.88 Å². The van der Waals surface area contributed by atoms with Crippen LogP contribution in [0.15, 0.2) is 59.8 Å². The Kier molecular flexibility index (Phi) is 8.62. The van der Waals surface area contributed by atoms with E-state index in [-0.39, 0.29) is 28.4 Å². The van der Waals surface area contributed by atoms with Gasteiger partial charge in [-0.15, -0.1) is 5.10 Å². The fourth-order valence-corrected chi connectivity index (χ4v) is 4.93. The van der Waals surface area contributed by atoms with Gasteiger partial charge in [0.1, 0.15) is 5.69 Å². The Morgan fingerprint density at radius 1 is 1.08 bits per heavy atom. The Bertz CT molecular complexity index is 1550. The summed E-state index contributed by atoms with van der Waals surface area (Å²) in [5.41, 5.74) is 3.00. The number of aryl methyl sites for hydroxylation is 1. The maximum atomic E-state index is 13.0. The first kappa shape index (κ1) is 27.8. The van der Waals surface area contributed by atoms with Crippen molar-refractivity contribution in [3.63, 3.8) is 0 Å². The van der Waals surface area contributed by atoms with E-state index in [9.17, 15) is 13.2 Å². The Labute approximate surface area is 227 Å². The minimum Gasteiger partial charge on any atom is -0.480 e. The minimum absolute atomic E-state index is 0.127. The maximum Gasteiger partial charge on any atom is 0.321 e. The summed E-state index contributed by atoms with van der Waals surface area (Å²) < 4.78 is 35.3. The Hall–Kier alpha value is -4.23. The van der Waals surface area contributed by atoms with Crippen LogP contribution in [0.25, 0.3) is 16.8 Å². The molecule has 0 fully saturated rings. The first-order chi connectivity index (χ1) is 18.7. The molecule has 39 heavy (non-hydrogen) atoms. The highest BCUT2D eigenvalue weighted by Crippen LogP contribution is 2.30. The lowest BCUT2D eigenvalue weighted by Gasteiger charge is -2.17. The predicted octanol–water partition coefficient (Wildman–Crippen LogP) is 3.37. The molecule has 0 saturated heterocycles. The van der Waals surface area contributed by atoms with Gasteiger partial charge < -0.3 is 15.0 Å². The van der Waals surface area contributed by atoms with Gasteiger partial charge in [-0.1, -0.05) is 31.5 Å². The number of hydrogen-bond donors (Lipinski definition) is 3. The molecule has 4 rings (SSSR count). The molecular formula is C26H32N8O4S. The molecule has 3 aromatic heterocycles. The van der Waals surface area contributed by atoms with Crippen LogP contribution in [0.2, 0.25) is 0 Å². The molecule has 0 spiro atoms. The number of anilines is 2. The number of carbonyl (C=O) groups is 1. The summed E-state index contributed by atoms with van der Waals surface area (Å²) in [4.78, 5) is 23.2. The van der Waals surface area contributed by atoms with Gasteiger partial charge in [0.25, 0.3) is 16.0 Å². The number of pyridine rings is 2. The Morgan fingerprint density at radius 3 is 2.51 bits per heavy atom. The highest BCUT2D eigenvalue weighted by atomic mass is 32.2. The SMILES string of the molecule is CCN(CC)CCNC(=O)Nc1nc2ccc(-c3cnc(OC)c(NS(=O)(=O)c4ccc(C)cc4)c3)cn2n1. The highest BCUT2D eigenvalue weighted by molar-refractivity contribution is 7.92. The van der Waals surface area contributed by atoms with Crippen LogP contribution in [-0.2, 0) is 10.0 Å². The Balaban J connectivity index is 1.51. The minimum atomic E-state index is -3.87. The number of hydrogen-bond acceptors (Lipinski definition) is 8. The normalized spacial score (nSPS) is 11.5. The van der Waals surface area contributed by atoms with E-state index in [1.807, 2.05) is 6.92 Å². The van der Waals surface area contributed by atoms with Crippen molar-refractivity contribution in [3.8, 4) is 17.0 Å². The lowest BCUT2D eigenvalue weighted by Crippen LogP contribution is -2.37. The third kappa shape index (κ3) is 6.81. The van der Waals surface area contributed by atoms with Crippen LogP contribution in [0.4, 0.5) is 16.4 Å². The standard InChI is InChI=1S/C26H32N8O4S/c1-5-33(6-2)14-13-27-26(35)30-25-29-23-12-9-19(17-34(23)31-25)20-15-22(24(38-4)28-16-20)32-39(36,37)21-10-7-18(3)8-11-21/h7-12,15-17,32H,5-6,13-14H2,1-4H3,(H2,27,30,31,35). The molecule has 13 heteroatoms. The van der Waals surface area contributed by atoms with Gasteiger partial charge in [-0.25, -0.2) is 22.7 Å². The van der Waals surface area contributed by atoms with E-state index in [4.69, 9.17) is 4.74 Å². The van der Waals surface area contributed by atoms with Gasteiger partial charge in [0, 0.05) is 36.6 Å². The molecule has 3 heterocycles. The van der Waals surface area contributed by atoms with Gasteiger partial charge in [-0.2, -0.15) is 4.98 Å². The molecule has 0 aliphatic carbocycles. The number of fused-ring (bicyclic) bond motifs is 1. The first-order valence-corrected chi connectivity index (χ1v) is 14.0. The highest BCUT2D eigenvalue weighted by Gasteiger charge is 2.18. The van der Waals surface area contributed by atoms with E-state index in [2.05, 4.69) is 49.2 Å². The van der Waals surface area contributed by atoms with Crippen LogP contribution < -0.4 is 20.1 Å². The van der Waals surface area contributed by atoms with Gasteiger partial charge in [0.05, 0.1) is 12.0 Å². The number of nitrogens with one attached hydrogen (secondary N) is 3. The second kappa shape index (κ2) is 12.1. The van der Waals surface area contributed by atoms with Crippen LogP contribution in [0.1, 0.15) is 19.4 Å². The molecule has 0 unspecified atom stereocenters. The van der Waals surface area contributed by atoms with Crippen LogP contribution in [0.5, 0.6) is 5.88 Å². The zero-order valence-corrected chi connectivity index (χ0v) is 23.1. The largest absolute Gasteiger partial charge is 0.480 e. The molecule has 4 aromatic rings. The zero-order chi connectivity index (χ0) is 28.0. The van der Waals surface area contributed by atoms with Crippen molar-refractivity contribution in [2.24, 2.45) is 0 Å². The summed E-state index contributed by atoms with van der Waals surface area (Å²) in [6.07, 6.45) is 3.29. The summed E-state index contributed by atoms with van der Waals surface area (Å²) in [6.45, 7) is 9.12. The zero-order valence-electron chi connectivity index (χ0n) is 22.3. The van der Waals surface area contributed by atoms with Crippen LogP contribution in [-0.4, -0.2) is 72.2 Å². The number of urea groups is 1. The summed E-state index contributed by atoms with van der Waals surface area (Å²) in [5, 5.41) is 9.80. The number of benzene rings is 1. The van der Waals surface area contributed by atoms with Crippen molar-refractivity contribution in [2.75, 3.05) is 43.3 Å². The van der Waals surface area contributed by atoms with Crippen LogP contribution >= 0.6 is 0 Å². The van der Waals surface area contributed by atoms with E-state index in [1.165, 1.54) is 23.8 Å². The second-order valence-corrected chi connectivity index (χ2v) is 10.4. The average Bonchev–Trinajstić information content (AvgIpc) is 3.32. The number of ether oxygens (including phenoxy) is 1. The lowest BCUT2D eigenvalue weighted by atomic mass is 10.1. The van der Waals surface area contributed by atoms with Crippen LogP contribution in [0, 0.1) is 6.92 Å². The van der Waals surface area contributed by atoms with Crippen molar-refractivity contribution in [1.82, 2.24) is 29.8 Å². The third-order valence-corrected chi connectivity index (χ3v) is 7.50. The Morgan fingerprint density at radius 2 is 1.82 bits per heavy atom. The number of sulfonamides is 1. The molecular weight excluding hydrogens is 520 g/mol. The van der Waals surface area contributed by atoms with Gasteiger partial charge in [0.15, 0.2) is 5.65 Å². The molecule has 0 atom stereocenters. The number of amides is 2. The summed E-state index contributed by atoms with van der Waals surface area (Å²) in [5.74, 6) is 0.293. The van der Waals surface area contributed by atoms with Crippen molar-refractivity contribution in [3.05, 3.63) is 60.4 Å². The number of nitrogens with zero attached hydrogens (tertiary/aromatic N) is 5. The number of rotatable bonds is 11. The number of aromatic nitrogens is 4. The fraction of sp³-hybridized carbons (Fsp3) is 0.308. The summed E-state index contributed by atoms with van der Waals surface area (Å²) in [7, 11) is -2.45. The van der Waals surface area contributed by atoms with E-state index < -0.39 is 10.0 Å². The van der Waals surface area contributed by atoms with Crippen LogP contribution in [0.3, 0.4) is 0 Å². The van der Waals surface area contributed by atoms with Crippen molar-refractivity contribution < 1.29 is 17.9 Å². The summed E-state index contributed by atoms with van der Waals surface area (Å²) >= 11 is 0. The molecule has 2 amide bonds. The van der Waals surface area contributed by atoms with Gasteiger partial charge in [-0.05, 0) is 50.3 Å². The number of likely N-dealkylation sites (N-methyl/N-ethyl adjacent to an activating group) is 1. The first-order valence-electron chi connectivity index (χ1n) is 12.5. The monoisotopic (exact) mass is 552 g/mol. The van der Waals surface area contributed by atoms with E-state index >= 15 is 0 Å². The molecule has 1 aromatic carbocycles. The molecule has 12 nitrogen and oxygen atoms in total.